The predicted octanol–water partition coefficient (Wildman–Crippen LogP) is 1.34. The first-order valence-corrected chi connectivity index (χ1v) is 10.5. The zero-order valence-electron chi connectivity index (χ0n) is 17.0. The molecule has 0 saturated carbocycles. The van der Waals surface area contributed by atoms with Crippen molar-refractivity contribution >= 4 is 21.8 Å². The zero-order valence-corrected chi connectivity index (χ0v) is 17.8. The molecule has 10 heteroatoms. The number of halogens is 1. The first-order valence-electron chi connectivity index (χ1n) is 9.05. The highest BCUT2D eigenvalue weighted by Crippen LogP contribution is 2.16. The summed E-state index contributed by atoms with van der Waals surface area (Å²) in [5.74, 6) is -1.34. The maximum atomic E-state index is 13.5. The van der Waals surface area contributed by atoms with Gasteiger partial charge in [0.1, 0.15) is 6.61 Å². The van der Waals surface area contributed by atoms with E-state index in [1.54, 1.807) is 12.1 Å². The van der Waals surface area contributed by atoms with Crippen molar-refractivity contribution in [3.63, 3.8) is 0 Å². The molecule has 2 rings (SSSR count). The number of hydrogen-bond donors (Lipinski definition) is 1. The van der Waals surface area contributed by atoms with Gasteiger partial charge in [-0.2, -0.15) is 0 Å². The van der Waals surface area contributed by atoms with Crippen LogP contribution in [0, 0.1) is 5.82 Å². The Labute approximate surface area is 175 Å². The van der Waals surface area contributed by atoms with E-state index < -0.39 is 21.7 Å². The number of rotatable bonds is 9. The Morgan fingerprint density at radius 2 is 1.77 bits per heavy atom. The second kappa shape index (κ2) is 10.2. The number of carbonyl (C=O) groups is 2. The van der Waals surface area contributed by atoms with Crippen molar-refractivity contribution in [1.29, 1.82) is 0 Å². The maximum Gasteiger partial charge on any atom is 0.251 e. The van der Waals surface area contributed by atoms with E-state index in [4.69, 9.17) is 4.74 Å². The van der Waals surface area contributed by atoms with E-state index in [0.717, 1.165) is 4.31 Å². The van der Waals surface area contributed by atoms with E-state index in [1.165, 1.54) is 62.4 Å². The molecular weight excluding hydrogens is 413 g/mol. The molecular formula is C20H24FN3O5S. The number of ether oxygens (including phenoxy) is 1. The molecule has 0 atom stereocenters. The number of sulfonamides is 1. The van der Waals surface area contributed by atoms with E-state index in [1.807, 2.05) is 0 Å². The Hall–Kier alpha value is -2.98. The van der Waals surface area contributed by atoms with Crippen LogP contribution in [-0.2, 0) is 14.8 Å². The Balaban J connectivity index is 1.87. The molecule has 2 amide bonds. The van der Waals surface area contributed by atoms with Crippen molar-refractivity contribution in [2.24, 2.45) is 0 Å². The van der Waals surface area contributed by atoms with Gasteiger partial charge in [-0.15, -0.1) is 0 Å². The predicted molar refractivity (Wildman–Crippen MR) is 109 cm³/mol. The number of likely N-dealkylation sites (N-methyl/N-ethyl adjacent to an activating group) is 1. The normalized spacial score (nSPS) is 11.2. The van der Waals surface area contributed by atoms with Crippen molar-refractivity contribution in [3.8, 4) is 5.75 Å². The monoisotopic (exact) mass is 437 g/mol. The molecule has 0 aromatic heterocycles. The van der Waals surface area contributed by atoms with Crippen LogP contribution in [-0.4, -0.2) is 70.3 Å². The van der Waals surface area contributed by atoms with Crippen LogP contribution in [0.25, 0.3) is 0 Å². The average Bonchev–Trinajstić information content (AvgIpc) is 2.72. The first-order chi connectivity index (χ1) is 14.1. The van der Waals surface area contributed by atoms with E-state index in [0.29, 0.717) is 0 Å². The minimum atomic E-state index is -3.68. The molecule has 8 nitrogen and oxygen atoms in total. The van der Waals surface area contributed by atoms with Gasteiger partial charge >= 0.3 is 0 Å². The third-order valence-electron chi connectivity index (χ3n) is 4.22. The van der Waals surface area contributed by atoms with Crippen LogP contribution in [0.3, 0.4) is 0 Å². The molecule has 0 aliphatic heterocycles. The molecule has 0 heterocycles. The fourth-order valence-corrected chi connectivity index (χ4v) is 3.33. The third-order valence-corrected chi connectivity index (χ3v) is 6.03. The standard InChI is InChI=1S/C20H24FN3O5S/c1-23(2)30(27,28)16-8-6-7-15(13-16)20(26)22-14-19(25)24(3)11-12-29-18-10-5-4-9-17(18)21/h4-10,13H,11-12,14H2,1-3H3,(H,22,26). The highest BCUT2D eigenvalue weighted by molar-refractivity contribution is 7.89. The second-order valence-corrected chi connectivity index (χ2v) is 8.74. The molecule has 162 valence electrons. The molecule has 0 saturated heterocycles. The van der Waals surface area contributed by atoms with Gasteiger partial charge in [0.05, 0.1) is 18.0 Å². The maximum absolute atomic E-state index is 13.5. The Kier molecular flexibility index (Phi) is 7.90. The quantitative estimate of drug-likeness (QED) is 0.639. The van der Waals surface area contributed by atoms with Gasteiger partial charge in [-0.1, -0.05) is 18.2 Å². The molecule has 0 bridgehead atoms. The molecule has 0 aliphatic rings. The highest BCUT2D eigenvalue weighted by Gasteiger charge is 2.19. The summed E-state index contributed by atoms with van der Waals surface area (Å²) in [6.45, 7) is 0.000844. The van der Waals surface area contributed by atoms with Crippen molar-refractivity contribution in [1.82, 2.24) is 14.5 Å². The summed E-state index contributed by atoms with van der Waals surface area (Å²) < 4.78 is 44.2. The van der Waals surface area contributed by atoms with Crippen molar-refractivity contribution in [3.05, 3.63) is 59.9 Å². The fourth-order valence-electron chi connectivity index (χ4n) is 2.38. The molecule has 30 heavy (non-hydrogen) atoms. The molecule has 2 aromatic rings. The molecule has 0 radical (unpaired) electrons. The Morgan fingerprint density at radius 1 is 1.07 bits per heavy atom. The number of nitrogens with one attached hydrogen (secondary N) is 1. The number of benzene rings is 2. The zero-order chi connectivity index (χ0) is 22.3. The molecule has 2 aromatic carbocycles. The van der Waals surface area contributed by atoms with Gasteiger partial charge in [-0.3, -0.25) is 9.59 Å². The van der Waals surface area contributed by atoms with Gasteiger partial charge in [-0.05, 0) is 30.3 Å². The average molecular weight is 437 g/mol. The number of hydrogen-bond acceptors (Lipinski definition) is 5. The van der Waals surface area contributed by atoms with Gasteiger partial charge in [0.2, 0.25) is 15.9 Å². The summed E-state index contributed by atoms with van der Waals surface area (Å²) in [5, 5.41) is 2.47. The van der Waals surface area contributed by atoms with Crippen LogP contribution in [0.15, 0.2) is 53.4 Å². The number of amides is 2. The lowest BCUT2D eigenvalue weighted by atomic mass is 10.2. The lowest BCUT2D eigenvalue weighted by Gasteiger charge is -2.18. The summed E-state index contributed by atoms with van der Waals surface area (Å²) in [7, 11) is 0.645. The lowest BCUT2D eigenvalue weighted by molar-refractivity contribution is -0.129. The summed E-state index contributed by atoms with van der Waals surface area (Å²) >= 11 is 0. The summed E-state index contributed by atoms with van der Waals surface area (Å²) in [4.78, 5) is 25.8. The van der Waals surface area contributed by atoms with E-state index in [-0.39, 0.29) is 41.8 Å². The summed E-state index contributed by atoms with van der Waals surface area (Å²) in [5.41, 5.74) is 0.122. The molecule has 1 N–H and O–H groups in total. The van der Waals surface area contributed by atoms with Crippen molar-refractivity contribution in [2.45, 2.75) is 4.90 Å². The smallest absolute Gasteiger partial charge is 0.251 e. The minimum absolute atomic E-state index is 0.0195. The SMILES string of the molecule is CN(CCOc1ccccc1F)C(=O)CNC(=O)c1cccc(S(=O)(=O)N(C)C)c1. The number of para-hydroxylation sites is 1. The topological polar surface area (TPSA) is 96.0 Å². The van der Waals surface area contributed by atoms with Crippen LogP contribution in [0.2, 0.25) is 0 Å². The van der Waals surface area contributed by atoms with Gasteiger partial charge in [-0.25, -0.2) is 17.1 Å². The van der Waals surface area contributed by atoms with E-state index >= 15 is 0 Å². The largest absolute Gasteiger partial charge is 0.489 e. The van der Waals surface area contributed by atoms with Crippen LogP contribution >= 0.6 is 0 Å². The van der Waals surface area contributed by atoms with Crippen LogP contribution in [0.1, 0.15) is 10.4 Å². The summed E-state index contributed by atoms with van der Waals surface area (Å²) in [6, 6.07) is 11.5. The Morgan fingerprint density at radius 3 is 2.43 bits per heavy atom. The van der Waals surface area contributed by atoms with Gasteiger partial charge in [0.25, 0.3) is 5.91 Å². The number of carbonyl (C=O) groups excluding carboxylic acids is 2. The highest BCUT2D eigenvalue weighted by atomic mass is 32.2. The van der Waals surface area contributed by atoms with Crippen molar-refractivity contribution < 1.29 is 27.1 Å². The van der Waals surface area contributed by atoms with Gasteiger partial charge < -0.3 is 15.0 Å². The molecule has 0 fully saturated rings. The van der Waals surface area contributed by atoms with E-state index in [2.05, 4.69) is 5.32 Å². The summed E-state index contributed by atoms with van der Waals surface area (Å²) in [6.07, 6.45) is 0. The van der Waals surface area contributed by atoms with Crippen LogP contribution in [0.5, 0.6) is 5.75 Å². The fraction of sp³-hybridized carbons (Fsp3) is 0.300. The minimum Gasteiger partial charge on any atom is -0.489 e. The molecule has 0 aliphatic carbocycles. The Bertz CT molecular complexity index is 1010. The van der Waals surface area contributed by atoms with Crippen LogP contribution in [0.4, 0.5) is 4.39 Å². The molecule has 0 unspecified atom stereocenters. The van der Waals surface area contributed by atoms with Crippen LogP contribution < -0.4 is 10.1 Å². The van der Waals surface area contributed by atoms with Crippen molar-refractivity contribution in [2.75, 3.05) is 40.8 Å². The van der Waals surface area contributed by atoms with Gasteiger partial charge in [0, 0.05) is 26.7 Å². The third kappa shape index (κ3) is 6.01. The number of nitrogens with zero attached hydrogens (tertiary/aromatic N) is 2. The van der Waals surface area contributed by atoms with Gasteiger partial charge in [0.15, 0.2) is 11.6 Å². The first kappa shape index (κ1) is 23.3. The second-order valence-electron chi connectivity index (χ2n) is 6.59. The molecule has 0 spiro atoms. The van der Waals surface area contributed by atoms with E-state index in [9.17, 15) is 22.4 Å². The lowest BCUT2D eigenvalue weighted by Crippen LogP contribution is -2.39.